The minimum atomic E-state index is -0.657. The van der Waals surface area contributed by atoms with Gasteiger partial charge in [-0.15, -0.1) is 0 Å². The summed E-state index contributed by atoms with van der Waals surface area (Å²) in [6, 6.07) is -0.534. The number of carbonyl (C=O) groups is 2. The number of aliphatic hydroxyl groups excluding tert-OH is 2. The van der Waals surface area contributed by atoms with E-state index in [2.05, 4.69) is 19.2 Å². The van der Waals surface area contributed by atoms with Crippen LogP contribution in [-0.4, -0.2) is 47.4 Å². The predicted molar refractivity (Wildman–Crippen MR) is 306 cm³/mol. The Morgan fingerprint density at radius 2 is 0.586 bits per heavy atom. The molecule has 0 spiro atoms. The van der Waals surface area contributed by atoms with Crippen molar-refractivity contribution in [3.05, 3.63) is 0 Å². The van der Waals surface area contributed by atoms with Crippen molar-refractivity contribution in [1.82, 2.24) is 5.32 Å². The second kappa shape index (κ2) is 60.4. The molecule has 2 atom stereocenters. The minimum absolute atomic E-state index is 0.0226. The van der Waals surface area contributed by atoms with Gasteiger partial charge in [-0.2, -0.15) is 0 Å². The van der Waals surface area contributed by atoms with Crippen molar-refractivity contribution in [3.8, 4) is 0 Å². The SMILES string of the molecule is CCCCCCCCCCCCCCC(=O)OCCCCCCCCCCCCCCCCCCCCCCCCCCCCCCCCCCC(=O)NC(CO)C(O)CCCCCCCCCCC. The summed E-state index contributed by atoms with van der Waals surface area (Å²) in [5.41, 5.74) is 0. The van der Waals surface area contributed by atoms with Crippen molar-refractivity contribution in [2.75, 3.05) is 13.2 Å². The summed E-state index contributed by atoms with van der Waals surface area (Å²) in [5.74, 6) is -0.00820. The molecule has 0 radical (unpaired) electrons. The summed E-state index contributed by atoms with van der Waals surface area (Å²) < 4.78 is 5.48. The fraction of sp³-hybridized carbons (Fsp3) is 0.969. The molecule has 0 aromatic carbocycles. The third-order valence-corrected chi connectivity index (χ3v) is 15.4. The molecule has 2 unspecified atom stereocenters. The molecular formula is C64H127NO5. The zero-order valence-corrected chi connectivity index (χ0v) is 47.8. The molecule has 0 aliphatic rings. The van der Waals surface area contributed by atoms with Crippen LogP contribution in [0.25, 0.3) is 0 Å². The molecule has 6 nitrogen and oxygen atoms in total. The first-order valence-corrected chi connectivity index (χ1v) is 32.3. The van der Waals surface area contributed by atoms with E-state index < -0.39 is 12.1 Å². The zero-order chi connectivity index (χ0) is 50.7. The Labute approximate surface area is 438 Å². The maximum Gasteiger partial charge on any atom is 0.305 e. The van der Waals surface area contributed by atoms with Gasteiger partial charge in [-0.25, -0.2) is 0 Å². The lowest BCUT2D eigenvalue weighted by molar-refractivity contribution is -0.143. The standard InChI is InChI=1S/C64H127NO5/c1-3-5-7-9-11-13-14-38-42-46-50-54-58-64(69)70-59-55-51-47-43-39-36-34-32-30-28-26-24-22-20-18-16-15-17-19-21-23-25-27-29-31-33-35-37-41-45-49-53-57-63(68)65-61(60-66)62(67)56-52-48-44-40-12-10-8-6-4-2/h61-62,66-67H,3-60H2,1-2H3,(H,65,68). The summed E-state index contributed by atoms with van der Waals surface area (Å²) in [6.45, 7) is 4.96. The van der Waals surface area contributed by atoms with Gasteiger partial charge in [-0.1, -0.05) is 335 Å². The molecule has 0 aromatic rings. The third kappa shape index (κ3) is 56.2. The average molecular weight is 991 g/mol. The molecule has 0 aromatic heterocycles. The number of ether oxygens (including phenoxy) is 1. The van der Waals surface area contributed by atoms with Crippen LogP contribution in [0.1, 0.15) is 373 Å². The fourth-order valence-electron chi connectivity index (χ4n) is 10.5. The molecule has 0 aliphatic carbocycles. The molecule has 6 heteroatoms. The van der Waals surface area contributed by atoms with E-state index in [-0.39, 0.29) is 18.5 Å². The maximum atomic E-state index is 12.4. The van der Waals surface area contributed by atoms with Crippen LogP contribution in [0.5, 0.6) is 0 Å². The molecule has 70 heavy (non-hydrogen) atoms. The van der Waals surface area contributed by atoms with Crippen LogP contribution in [0.4, 0.5) is 0 Å². The summed E-state index contributed by atoms with van der Waals surface area (Å²) in [5, 5.41) is 23.1. The van der Waals surface area contributed by atoms with Crippen LogP contribution in [0.2, 0.25) is 0 Å². The second-order valence-electron chi connectivity index (χ2n) is 22.5. The number of hydrogen-bond donors (Lipinski definition) is 3. The largest absolute Gasteiger partial charge is 0.466 e. The maximum absolute atomic E-state index is 12.4. The van der Waals surface area contributed by atoms with Crippen molar-refractivity contribution >= 4 is 11.9 Å². The number of esters is 1. The van der Waals surface area contributed by atoms with Gasteiger partial charge in [0.15, 0.2) is 0 Å². The van der Waals surface area contributed by atoms with Crippen molar-refractivity contribution < 1.29 is 24.5 Å². The van der Waals surface area contributed by atoms with Gasteiger partial charge in [-0.3, -0.25) is 9.59 Å². The van der Waals surface area contributed by atoms with Gasteiger partial charge in [0, 0.05) is 12.8 Å². The van der Waals surface area contributed by atoms with E-state index in [0.29, 0.717) is 25.9 Å². The van der Waals surface area contributed by atoms with Crippen LogP contribution in [0.15, 0.2) is 0 Å². The van der Waals surface area contributed by atoms with Gasteiger partial charge in [0.05, 0.1) is 25.4 Å². The highest BCUT2D eigenvalue weighted by molar-refractivity contribution is 5.76. The topological polar surface area (TPSA) is 95.9 Å². The Morgan fingerprint density at radius 3 is 0.871 bits per heavy atom. The summed E-state index contributed by atoms with van der Waals surface area (Å²) in [7, 11) is 0. The number of nitrogens with one attached hydrogen (secondary N) is 1. The minimum Gasteiger partial charge on any atom is -0.466 e. The van der Waals surface area contributed by atoms with E-state index in [0.717, 1.165) is 38.5 Å². The first-order chi connectivity index (χ1) is 34.5. The number of rotatable bonds is 61. The Balaban J connectivity index is 3.27. The van der Waals surface area contributed by atoms with Gasteiger partial charge >= 0.3 is 5.97 Å². The highest BCUT2D eigenvalue weighted by Gasteiger charge is 2.20. The number of carbonyl (C=O) groups excluding carboxylic acids is 2. The first-order valence-electron chi connectivity index (χ1n) is 32.3. The Morgan fingerprint density at radius 1 is 0.343 bits per heavy atom. The summed E-state index contributed by atoms with van der Waals surface area (Å²) >= 11 is 0. The molecule has 0 fully saturated rings. The van der Waals surface area contributed by atoms with E-state index in [1.165, 1.54) is 302 Å². The van der Waals surface area contributed by atoms with Crippen LogP contribution >= 0.6 is 0 Å². The molecule has 0 saturated carbocycles. The van der Waals surface area contributed by atoms with Crippen LogP contribution in [0.3, 0.4) is 0 Å². The highest BCUT2D eigenvalue weighted by Crippen LogP contribution is 2.19. The highest BCUT2D eigenvalue weighted by atomic mass is 16.5. The van der Waals surface area contributed by atoms with Gasteiger partial charge in [0.25, 0.3) is 0 Å². The van der Waals surface area contributed by atoms with Crippen LogP contribution < -0.4 is 5.32 Å². The van der Waals surface area contributed by atoms with Crippen LogP contribution in [0, 0.1) is 0 Å². The van der Waals surface area contributed by atoms with E-state index in [9.17, 15) is 19.8 Å². The monoisotopic (exact) mass is 990 g/mol. The number of unbranched alkanes of at least 4 members (excludes halogenated alkanes) is 50. The summed E-state index contributed by atoms with van der Waals surface area (Å²) in [4.78, 5) is 24.4. The normalized spacial score (nSPS) is 12.5. The van der Waals surface area contributed by atoms with Crippen molar-refractivity contribution in [1.29, 1.82) is 0 Å². The van der Waals surface area contributed by atoms with E-state index in [4.69, 9.17) is 4.74 Å². The Kier molecular flexibility index (Phi) is 59.4. The first kappa shape index (κ1) is 68.9. The van der Waals surface area contributed by atoms with E-state index in [1.807, 2.05) is 0 Å². The molecule has 1 amide bonds. The predicted octanol–water partition coefficient (Wildman–Crippen LogP) is 20.3. The van der Waals surface area contributed by atoms with Gasteiger partial charge in [0.1, 0.15) is 0 Å². The zero-order valence-electron chi connectivity index (χ0n) is 47.8. The van der Waals surface area contributed by atoms with Crippen molar-refractivity contribution in [3.63, 3.8) is 0 Å². The summed E-state index contributed by atoms with van der Waals surface area (Å²) in [6.07, 6.45) is 71.5. The van der Waals surface area contributed by atoms with E-state index in [1.54, 1.807) is 0 Å². The lowest BCUT2D eigenvalue weighted by atomic mass is 10.0. The van der Waals surface area contributed by atoms with Gasteiger partial charge in [-0.05, 0) is 25.7 Å². The second-order valence-corrected chi connectivity index (χ2v) is 22.5. The quantitative estimate of drug-likeness (QED) is 0.0417. The molecule has 0 aliphatic heterocycles. The average Bonchev–Trinajstić information content (AvgIpc) is 3.36. The molecule has 0 heterocycles. The van der Waals surface area contributed by atoms with E-state index >= 15 is 0 Å². The molecule has 0 bridgehead atoms. The fourth-order valence-corrected chi connectivity index (χ4v) is 10.5. The lowest BCUT2D eigenvalue weighted by Gasteiger charge is -2.22. The Bertz CT molecular complexity index is 1010. The van der Waals surface area contributed by atoms with Gasteiger partial charge < -0.3 is 20.3 Å². The smallest absolute Gasteiger partial charge is 0.305 e. The number of amides is 1. The molecule has 418 valence electrons. The lowest BCUT2D eigenvalue weighted by Crippen LogP contribution is -2.45. The molecule has 0 rings (SSSR count). The van der Waals surface area contributed by atoms with Crippen LogP contribution in [-0.2, 0) is 14.3 Å². The number of hydrogen-bond acceptors (Lipinski definition) is 5. The third-order valence-electron chi connectivity index (χ3n) is 15.4. The Hall–Kier alpha value is -1.14. The molecule has 3 N–H and O–H groups in total. The van der Waals surface area contributed by atoms with Gasteiger partial charge in [0.2, 0.25) is 5.91 Å². The van der Waals surface area contributed by atoms with Crippen molar-refractivity contribution in [2.45, 2.75) is 386 Å². The molecule has 0 saturated heterocycles. The number of aliphatic hydroxyl groups is 2. The van der Waals surface area contributed by atoms with Crippen molar-refractivity contribution in [2.24, 2.45) is 0 Å². The molecular weight excluding hydrogens is 863 g/mol.